The molecule has 4 aromatic rings. The Morgan fingerprint density at radius 3 is 2.16 bits per heavy atom. The van der Waals surface area contributed by atoms with Crippen molar-refractivity contribution in [2.45, 2.75) is 44.8 Å². The molecule has 0 aliphatic heterocycles. The van der Waals surface area contributed by atoms with Crippen LogP contribution in [0.25, 0.3) is 0 Å². The van der Waals surface area contributed by atoms with Gasteiger partial charge in [0.1, 0.15) is 10.6 Å². The van der Waals surface area contributed by atoms with Crippen LogP contribution in [-0.4, -0.2) is 30.4 Å². The van der Waals surface area contributed by atoms with Crippen molar-refractivity contribution in [2.24, 2.45) is 17.4 Å². The smallest absolute Gasteiger partial charge is 0.263 e. The summed E-state index contributed by atoms with van der Waals surface area (Å²) < 4.78 is 5.60. The van der Waals surface area contributed by atoms with Crippen LogP contribution in [0, 0.1) is 5.92 Å². The summed E-state index contributed by atoms with van der Waals surface area (Å²) in [5, 5.41) is 8.02. The molecule has 6 N–H and O–H groups in total. The first-order chi connectivity index (χ1) is 21.2. The molecule has 0 aliphatic rings. The van der Waals surface area contributed by atoms with Crippen LogP contribution in [0.5, 0.6) is 5.75 Å². The first kappa shape index (κ1) is 32.7. The molecule has 0 saturated carbocycles. The largest absolute Gasteiger partial charge is 0.494 e. The number of benzene rings is 3. The summed E-state index contributed by atoms with van der Waals surface area (Å²) in [6.07, 6.45) is 0.224. The number of thiophene rings is 1. The van der Waals surface area contributed by atoms with Gasteiger partial charge >= 0.3 is 0 Å². The monoisotopic (exact) mass is 632 g/mol. The molecule has 1 aromatic heterocycles. The lowest BCUT2D eigenvalue weighted by Crippen LogP contribution is -2.61. The molecule has 44 heavy (non-hydrogen) atoms. The second kappa shape index (κ2) is 15.0. The molecule has 0 radical (unpaired) electrons. The van der Waals surface area contributed by atoms with E-state index >= 15 is 0 Å². The summed E-state index contributed by atoms with van der Waals surface area (Å²) in [5.74, 6) is -1.84. The average molecular weight is 633 g/mol. The van der Waals surface area contributed by atoms with Gasteiger partial charge in [0.05, 0.1) is 29.0 Å². The molecule has 0 saturated heterocycles. The Labute approximate surface area is 266 Å². The summed E-state index contributed by atoms with van der Waals surface area (Å²) in [6, 6.07) is 24.6. The third-order valence-electron chi connectivity index (χ3n) is 7.77. The fourth-order valence-corrected chi connectivity index (χ4v) is 6.24. The minimum atomic E-state index is -1.51. The molecule has 3 amide bonds. The molecule has 0 bridgehead atoms. The van der Waals surface area contributed by atoms with Crippen LogP contribution in [0.4, 0.5) is 0 Å². The van der Waals surface area contributed by atoms with Crippen molar-refractivity contribution in [1.82, 2.24) is 10.6 Å². The van der Waals surface area contributed by atoms with Crippen LogP contribution in [-0.2, 0) is 34.5 Å². The second-order valence-electron chi connectivity index (χ2n) is 10.6. The highest BCUT2D eigenvalue weighted by Crippen LogP contribution is 2.35. The zero-order valence-corrected chi connectivity index (χ0v) is 26.3. The first-order valence-electron chi connectivity index (χ1n) is 14.3. The lowest BCUT2D eigenvalue weighted by atomic mass is 9.68. The molecule has 3 atom stereocenters. The molecule has 3 aromatic carbocycles. The summed E-state index contributed by atoms with van der Waals surface area (Å²) in [5.41, 5.74) is 13.6. The van der Waals surface area contributed by atoms with E-state index < -0.39 is 29.2 Å². The highest BCUT2D eigenvalue weighted by atomic mass is 35.5. The molecule has 0 spiro atoms. The van der Waals surface area contributed by atoms with Gasteiger partial charge in [-0.3, -0.25) is 14.4 Å². The summed E-state index contributed by atoms with van der Waals surface area (Å²) in [4.78, 5) is 41.7. The Morgan fingerprint density at radius 2 is 1.59 bits per heavy atom. The topological polar surface area (TPSA) is 137 Å². The van der Waals surface area contributed by atoms with Crippen molar-refractivity contribution in [1.29, 1.82) is 0 Å². The highest BCUT2D eigenvalue weighted by Gasteiger charge is 2.48. The Morgan fingerprint density at radius 1 is 0.932 bits per heavy atom. The number of hydrogen-bond donors (Lipinski definition) is 4. The van der Waals surface area contributed by atoms with Gasteiger partial charge in [0.2, 0.25) is 11.8 Å². The number of nitrogens with two attached hydrogens (primary N) is 2. The number of rotatable bonds is 14. The van der Waals surface area contributed by atoms with Crippen molar-refractivity contribution in [3.63, 3.8) is 0 Å². The van der Waals surface area contributed by atoms with Crippen LogP contribution in [0.3, 0.4) is 0 Å². The fraction of sp³-hybridized carbons (Fsp3) is 0.265. The van der Waals surface area contributed by atoms with Crippen LogP contribution in [0.2, 0.25) is 5.02 Å². The van der Waals surface area contributed by atoms with Crippen LogP contribution >= 0.6 is 22.9 Å². The lowest BCUT2D eigenvalue weighted by Gasteiger charge is -2.40. The summed E-state index contributed by atoms with van der Waals surface area (Å²) in [7, 11) is 0. The Balaban J connectivity index is 1.79. The second-order valence-corrected chi connectivity index (χ2v) is 11.9. The number of nitrogens with one attached hydrogen (secondary N) is 2. The number of ether oxygens (including phenoxy) is 1. The van der Waals surface area contributed by atoms with E-state index in [1.165, 1.54) is 11.3 Å². The van der Waals surface area contributed by atoms with Crippen molar-refractivity contribution in [3.8, 4) is 5.75 Å². The third-order valence-corrected chi connectivity index (χ3v) is 9.11. The van der Waals surface area contributed by atoms with Gasteiger partial charge in [0.15, 0.2) is 0 Å². The van der Waals surface area contributed by atoms with Gasteiger partial charge < -0.3 is 26.8 Å². The number of halogens is 1. The van der Waals surface area contributed by atoms with Crippen molar-refractivity contribution < 1.29 is 19.1 Å². The van der Waals surface area contributed by atoms with Crippen molar-refractivity contribution >= 4 is 40.7 Å². The predicted molar refractivity (Wildman–Crippen MR) is 175 cm³/mol. The van der Waals surface area contributed by atoms with E-state index in [4.69, 9.17) is 27.8 Å². The molecule has 4 rings (SSSR count). The molecule has 230 valence electrons. The van der Waals surface area contributed by atoms with Gasteiger partial charge in [-0.1, -0.05) is 78.3 Å². The van der Waals surface area contributed by atoms with Gasteiger partial charge in [0, 0.05) is 13.1 Å². The van der Waals surface area contributed by atoms with Gasteiger partial charge in [-0.05, 0) is 66.1 Å². The minimum absolute atomic E-state index is 0.224. The van der Waals surface area contributed by atoms with Crippen LogP contribution < -0.4 is 26.8 Å². The summed E-state index contributed by atoms with van der Waals surface area (Å²) >= 11 is 7.50. The normalized spacial score (nSPS) is 13.7. The predicted octanol–water partition coefficient (Wildman–Crippen LogP) is 4.98. The molecular formula is C34H37ClN4O4S. The third kappa shape index (κ3) is 7.66. The molecule has 0 aliphatic carbocycles. The minimum Gasteiger partial charge on any atom is -0.494 e. The van der Waals surface area contributed by atoms with Crippen molar-refractivity contribution in [2.75, 3.05) is 6.61 Å². The highest BCUT2D eigenvalue weighted by molar-refractivity contribution is 7.12. The Kier molecular flexibility index (Phi) is 11.2. The van der Waals surface area contributed by atoms with Gasteiger partial charge in [-0.2, -0.15) is 0 Å². The van der Waals surface area contributed by atoms with Gasteiger partial charge in [0.25, 0.3) is 5.91 Å². The number of carbonyl (C=O) groups excluding carboxylic acids is 3. The van der Waals surface area contributed by atoms with Gasteiger partial charge in [-0.25, -0.2) is 0 Å². The number of hydrogen-bond acceptors (Lipinski definition) is 6. The Bertz CT molecular complexity index is 1560. The molecular weight excluding hydrogens is 596 g/mol. The zero-order chi connectivity index (χ0) is 31.7. The lowest BCUT2D eigenvalue weighted by molar-refractivity contribution is -0.129. The molecule has 1 heterocycles. The van der Waals surface area contributed by atoms with E-state index in [2.05, 4.69) is 10.6 Å². The SMILES string of the molecule is CCOc1ccc(C(C)(C(N)=O)[C@H](NC(=O)c2sccc2Cl)[C@H](Cc2ccccc2)C(=O)NCc2ccc(CN)cc2)cc1. The first-order valence-corrected chi connectivity index (χ1v) is 15.6. The maximum Gasteiger partial charge on any atom is 0.263 e. The molecule has 10 heteroatoms. The number of primary amides is 1. The quantitative estimate of drug-likeness (QED) is 0.156. The summed E-state index contributed by atoms with van der Waals surface area (Å²) in [6.45, 7) is 4.66. The standard InChI is InChI=1S/C34H37ClN4O4S/c1-3-43-26-15-13-25(14-16-26)34(2,33(37)42)30(39-32(41)29-28(35)17-18-44-29)27(19-22-7-5-4-6-8-22)31(40)38-21-24-11-9-23(20-36)10-12-24/h4-18,27,30H,3,19-21,36H2,1-2H3,(H2,37,42)(H,38,40)(H,39,41)/t27-,30+,34?/m0/s1. The van der Waals surface area contributed by atoms with Crippen molar-refractivity contribution in [3.05, 3.63) is 122 Å². The molecule has 1 unspecified atom stereocenters. The van der Waals surface area contributed by atoms with E-state index in [1.807, 2.05) is 61.5 Å². The maximum absolute atomic E-state index is 14.2. The average Bonchev–Trinajstić information content (AvgIpc) is 3.48. The van der Waals surface area contributed by atoms with E-state index in [9.17, 15) is 14.4 Å². The number of carbonyl (C=O) groups is 3. The van der Waals surface area contributed by atoms with E-state index in [1.54, 1.807) is 42.6 Å². The van der Waals surface area contributed by atoms with Crippen LogP contribution in [0.1, 0.15) is 45.8 Å². The molecule has 0 fully saturated rings. The van der Waals surface area contributed by atoms with Gasteiger partial charge in [-0.15, -0.1) is 11.3 Å². The molecule has 8 nitrogen and oxygen atoms in total. The zero-order valence-electron chi connectivity index (χ0n) is 24.7. The number of amides is 3. The van der Waals surface area contributed by atoms with E-state index in [-0.39, 0.29) is 28.8 Å². The fourth-order valence-electron chi connectivity index (χ4n) is 5.19. The maximum atomic E-state index is 14.2. The Hall–Kier alpha value is -4.18. The van der Waals surface area contributed by atoms with E-state index in [0.29, 0.717) is 24.5 Å². The van der Waals surface area contributed by atoms with E-state index in [0.717, 1.165) is 16.7 Å². The van der Waals surface area contributed by atoms with Crippen LogP contribution in [0.15, 0.2) is 90.3 Å².